The number of nitrogens with one attached hydrogen (secondary N) is 2. The smallest absolute Gasteiger partial charge is 0.240 e. The zero-order valence-corrected chi connectivity index (χ0v) is 11.7. The number of hydrogen-bond donors (Lipinski definition) is 3. The fourth-order valence-electron chi connectivity index (χ4n) is 1.42. The van der Waals surface area contributed by atoms with Crippen LogP contribution in [0.4, 0.5) is 5.69 Å². The van der Waals surface area contributed by atoms with Gasteiger partial charge in [-0.2, -0.15) is 0 Å². The van der Waals surface area contributed by atoms with E-state index in [-0.39, 0.29) is 23.8 Å². The largest absolute Gasteiger partial charge is 0.399 e. The Balaban J connectivity index is 2.50. The molecule has 0 aliphatic carbocycles. The van der Waals surface area contributed by atoms with E-state index in [4.69, 9.17) is 5.73 Å². The van der Waals surface area contributed by atoms with Crippen LogP contribution in [0.2, 0.25) is 0 Å². The normalized spacial score (nSPS) is 11.2. The fourth-order valence-corrected chi connectivity index (χ4v) is 2.50. The van der Waals surface area contributed by atoms with Gasteiger partial charge in [0.25, 0.3) is 0 Å². The van der Waals surface area contributed by atoms with Crippen molar-refractivity contribution in [2.24, 2.45) is 0 Å². The van der Waals surface area contributed by atoms with Crippen LogP contribution in [0, 0.1) is 0 Å². The lowest BCUT2D eigenvalue weighted by Crippen LogP contribution is -2.31. The maximum atomic E-state index is 11.9. The van der Waals surface area contributed by atoms with Crippen molar-refractivity contribution in [3.8, 4) is 0 Å². The molecule has 0 spiro atoms. The molecule has 0 aliphatic heterocycles. The first-order valence-corrected chi connectivity index (χ1v) is 7.56. The van der Waals surface area contributed by atoms with Crippen molar-refractivity contribution >= 4 is 21.6 Å². The third-order valence-electron chi connectivity index (χ3n) is 2.38. The number of rotatable bonds is 7. The van der Waals surface area contributed by atoms with E-state index in [1.165, 1.54) is 12.1 Å². The number of nitrogens with two attached hydrogens (primary N) is 1. The SMILES string of the molecule is CCCNC(=O)CCNS(=O)(=O)c1cccc(N)c1. The standard InChI is InChI=1S/C12H19N3O3S/c1-2-7-14-12(16)6-8-15-19(17,18)11-5-3-4-10(13)9-11/h3-5,9,15H,2,6-8,13H2,1H3,(H,14,16). The zero-order valence-electron chi connectivity index (χ0n) is 10.8. The second kappa shape index (κ2) is 7.10. The lowest BCUT2D eigenvalue weighted by Gasteiger charge is -2.07. The minimum absolute atomic E-state index is 0.0622. The number of carbonyl (C=O) groups excluding carboxylic acids is 1. The Labute approximate surface area is 113 Å². The van der Waals surface area contributed by atoms with Gasteiger partial charge in [-0.15, -0.1) is 0 Å². The van der Waals surface area contributed by atoms with E-state index >= 15 is 0 Å². The van der Waals surface area contributed by atoms with Gasteiger partial charge in [0.1, 0.15) is 0 Å². The van der Waals surface area contributed by atoms with Crippen molar-refractivity contribution in [2.75, 3.05) is 18.8 Å². The molecule has 0 atom stereocenters. The molecule has 0 saturated carbocycles. The zero-order chi connectivity index (χ0) is 14.3. The molecule has 1 aromatic rings. The predicted octanol–water partition coefficient (Wildman–Crippen LogP) is 0.463. The van der Waals surface area contributed by atoms with E-state index in [0.717, 1.165) is 6.42 Å². The highest BCUT2D eigenvalue weighted by Crippen LogP contribution is 2.12. The number of sulfonamides is 1. The summed E-state index contributed by atoms with van der Waals surface area (Å²) in [6.07, 6.45) is 0.961. The van der Waals surface area contributed by atoms with E-state index < -0.39 is 10.0 Å². The summed E-state index contributed by atoms with van der Waals surface area (Å²) < 4.78 is 26.1. The van der Waals surface area contributed by atoms with Gasteiger partial charge in [0.2, 0.25) is 15.9 Å². The Kier molecular flexibility index (Phi) is 5.78. The van der Waals surface area contributed by atoms with Crippen molar-refractivity contribution in [3.05, 3.63) is 24.3 Å². The third kappa shape index (κ3) is 5.27. The Morgan fingerprint density at radius 1 is 1.32 bits per heavy atom. The summed E-state index contributed by atoms with van der Waals surface area (Å²) >= 11 is 0. The second-order valence-electron chi connectivity index (χ2n) is 4.07. The Hall–Kier alpha value is -1.60. The molecular formula is C12H19N3O3S. The lowest BCUT2D eigenvalue weighted by molar-refractivity contribution is -0.120. The first-order chi connectivity index (χ1) is 8.95. The first kappa shape index (κ1) is 15.5. The number of hydrogen-bond acceptors (Lipinski definition) is 4. The van der Waals surface area contributed by atoms with E-state index in [1.54, 1.807) is 12.1 Å². The third-order valence-corrected chi connectivity index (χ3v) is 3.84. The van der Waals surface area contributed by atoms with Crippen molar-refractivity contribution in [3.63, 3.8) is 0 Å². The summed E-state index contributed by atoms with van der Waals surface area (Å²) in [6, 6.07) is 6.00. The minimum Gasteiger partial charge on any atom is -0.399 e. The van der Waals surface area contributed by atoms with E-state index in [2.05, 4.69) is 10.0 Å². The summed E-state index contributed by atoms with van der Waals surface area (Å²) in [4.78, 5) is 11.4. The molecular weight excluding hydrogens is 266 g/mol. The van der Waals surface area contributed by atoms with Crippen LogP contribution >= 0.6 is 0 Å². The molecule has 0 aliphatic rings. The quantitative estimate of drug-likeness (QED) is 0.634. The average molecular weight is 285 g/mol. The summed E-state index contributed by atoms with van der Waals surface area (Å²) in [5, 5.41) is 2.67. The van der Waals surface area contributed by atoms with E-state index in [0.29, 0.717) is 12.2 Å². The maximum absolute atomic E-state index is 11.9. The van der Waals surface area contributed by atoms with Crippen LogP contribution in [0.1, 0.15) is 19.8 Å². The maximum Gasteiger partial charge on any atom is 0.240 e. The van der Waals surface area contributed by atoms with Gasteiger partial charge in [-0.05, 0) is 24.6 Å². The van der Waals surface area contributed by atoms with Crippen molar-refractivity contribution in [2.45, 2.75) is 24.7 Å². The van der Waals surface area contributed by atoms with Gasteiger partial charge in [0, 0.05) is 25.2 Å². The van der Waals surface area contributed by atoms with Crippen LogP contribution < -0.4 is 15.8 Å². The molecule has 0 saturated heterocycles. The van der Waals surface area contributed by atoms with Crippen LogP contribution in [-0.2, 0) is 14.8 Å². The molecule has 19 heavy (non-hydrogen) atoms. The average Bonchev–Trinajstić information content (AvgIpc) is 2.36. The van der Waals surface area contributed by atoms with E-state index in [1.807, 2.05) is 6.92 Å². The minimum atomic E-state index is -3.61. The molecule has 0 heterocycles. The summed E-state index contributed by atoms with van der Waals surface area (Å²) in [5.41, 5.74) is 5.91. The fraction of sp³-hybridized carbons (Fsp3) is 0.417. The molecule has 0 radical (unpaired) electrons. The van der Waals surface area contributed by atoms with Crippen LogP contribution in [0.15, 0.2) is 29.2 Å². The van der Waals surface area contributed by atoms with Gasteiger partial charge in [-0.3, -0.25) is 4.79 Å². The number of amides is 1. The molecule has 7 heteroatoms. The Morgan fingerprint density at radius 3 is 2.68 bits per heavy atom. The highest BCUT2D eigenvalue weighted by molar-refractivity contribution is 7.89. The van der Waals surface area contributed by atoms with Gasteiger partial charge in [-0.25, -0.2) is 13.1 Å². The summed E-state index contributed by atoms with van der Waals surface area (Å²) in [7, 11) is -3.61. The van der Waals surface area contributed by atoms with Crippen molar-refractivity contribution < 1.29 is 13.2 Å². The molecule has 1 amide bonds. The van der Waals surface area contributed by atoms with E-state index in [9.17, 15) is 13.2 Å². The molecule has 6 nitrogen and oxygen atoms in total. The van der Waals surface area contributed by atoms with Crippen LogP contribution in [-0.4, -0.2) is 27.4 Å². The molecule has 0 aromatic heterocycles. The Bertz CT molecular complexity index is 529. The van der Waals surface area contributed by atoms with Crippen molar-refractivity contribution in [1.82, 2.24) is 10.0 Å². The van der Waals surface area contributed by atoms with Gasteiger partial charge in [0.15, 0.2) is 0 Å². The molecule has 0 unspecified atom stereocenters. The summed E-state index contributed by atoms with van der Waals surface area (Å²) in [5.74, 6) is -0.169. The van der Waals surface area contributed by atoms with Crippen LogP contribution in [0.5, 0.6) is 0 Å². The van der Waals surface area contributed by atoms with Crippen molar-refractivity contribution in [1.29, 1.82) is 0 Å². The Morgan fingerprint density at radius 2 is 2.05 bits per heavy atom. The number of anilines is 1. The lowest BCUT2D eigenvalue weighted by atomic mass is 10.3. The van der Waals surface area contributed by atoms with Crippen LogP contribution in [0.3, 0.4) is 0 Å². The second-order valence-corrected chi connectivity index (χ2v) is 5.84. The number of carbonyl (C=O) groups is 1. The number of benzene rings is 1. The molecule has 4 N–H and O–H groups in total. The topological polar surface area (TPSA) is 101 Å². The van der Waals surface area contributed by atoms with Gasteiger partial charge >= 0.3 is 0 Å². The van der Waals surface area contributed by atoms with Gasteiger partial charge in [-0.1, -0.05) is 13.0 Å². The molecule has 0 bridgehead atoms. The highest BCUT2D eigenvalue weighted by atomic mass is 32.2. The van der Waals surface area contributed by atoms with Gasteiger partial charge < -0.3 is 11.1 Å². The predicted molar refractivity (Wildman–Crippen MR) is 74.0 cm³/mol. The molecule has 1 aromatic carbocycles. The molecule has 1 rings (SSSR count). The van der Waals surface area contributed by atoms with Gasteiger partial charge in [0.05, 0.1) is 4.90 Å². The molecule has 0 fully saturated rings. The monoisotopic (exact) mass is 285 g/mol. The highest BCUT2D eigenvalue weighted by Gasteiger charge is 2.14. The first-order valence-electron chi connectivity index (χ1n) is 6.07. The number of nitrogen functional groups attached to an aromatic ring is 1. The van der Waals surface area contributed by atoms with Crippen LogP contribution in [0.25, 0.3) is 0 Å². The molecule has 106 valence electrons. The summed E-state index contributed by atoms with van der Waals surface area (Å²) in [6.45, 7) is 2.61.